The Hall–Kier alpha value is -3.45. The number of nitrogens with one attached hydrogen (secondary N) is 1. The molecule has 0 aliphatic rings. The topological polar surface area (TPSA) is 83.1 Å². The number of methoxy groups -OCH3 is 3. The van der Waals surface area contributed by atoms with Crippen LogP contribution >= 0.6 is 0 Å². The summed E-state index contributed by atoms with van der Waals surface area (Å²) in [5.74, 6) is 1.61. The number of anilines is 1. The molecule has 0 atom stereocenters. The van der Waals surface area contributed by atoms with Crippen LogP contribution in [-0.2, 0) is 4.74 Å². The van der Waals surface area contributed by atoms with Crippen molar-refractivity contribution >= 4 is 27.8 Å². The van der Waals surface area contributed by atoms with Gasteiger partial charge in [0.25, 0.3) is 0 Å². The van der Waals surface area contributed by atoms with Crippen molar-refractivity contribution in [3.63, 3.8) is 0 Å². The SMILES string of the molecule is COCCNc1oc2c(c1-c1ccc(OC)c(OC)c1)c(=O)oc1ccccc12. The van der Waals surface area contributed by atoms with E-state index < -0.39 is 5.63 Å². The van der Waals surface area contributed by atoms with Crippen LogP contribution in [0.2, 0.25) is 0 Å². The lowest BCUT2D eigenvalue weighted by atomic mass is 10.0. The lowest BCUT2D eigenvalue weighted by Crippen LogP contribution is -2.08. The average molecular weight is 395 g/mol. The van der Waals surface area contributed by atoms with Crippen molar-refractivity contribution in [3.8, 4) is 22.6 Å². The molecular formula is C22H21NO6. The number of ether oxygens (including phenoxy) is 3. The zero-order valence-corrected chi connectivity index (χ0v) is 16.4. The Morgan fingerprint density at radius 2 is 1.76 bits per heavy atom. The fourth-order valence-corrected chi connectivity index (χ4v) is 3.37. The molecule has 0 aliphatic heterocycles. The van der Waals surface area contributed by atoms with Crippen molar-refractivity contribution < 1.29 is 23.0 Å². The van der Waals surface area contributed by atoms with Crippen LogP contribution in [0.3, 0.4) is 0 Å². The molecule has 0 spiro atoms. The van der Waals surface area contributed by atoms with Gasteiger partial charge in [-0.2, -0.15) is 0 Å². The molecule has 0 saturated carbocycles. The van der Waals surface area contributed by atoms with Crippen LogP contribution in [0, 0.1) is 0 Å². The smallest absolute Gasteiger partial charge is 0.348 e. The molecule has 2 aromatic heterocycles. The molecule has 0 amide bonds. The third-order valence-corrected chi connectivity index (χ3v) is 4.71. The summed E-state index contributed by atoms with van der Waals surface area (Å²) in [6, 6.07) is 12.7. The van der Waals surface area contributed by atoms with Crippen LogP contribution in [-0.4, -0.2) is 34.5 Å². The normalized spacial score (nSPS) is 11.1. The van der Waals surface area contributed by atoms with Crippen LogP contribution in [0.4, 0.5) is 5.88 Å². The maximum Gasteiger partial charge on any atom is 0.348 e. The molecule has 0 aliphatic carbocycles. The second-order valence-corrected chi connectivity index (χ2v) is 6.39. The first-order chi connectivity index (χ1) is 14.2. The largest absolute Gasteiger partial charge is 0.493 e. The molecule has 29 heavy (non-hydrogen) atoms. The highest BCUT2D eigenvalue weighted by molar-refractivity contribution is 6.09. The van der Waals surface area contributed by atoms with Gasteiger partial charge in [-0.1, -0.05) is 18.2 Å². The molecule has 0 unspecified atom stereocenters. The van der Waals surface area contributed by atoms with Gasteiger partial charge in [0.15, 0.2) is 17.1 Å². The van der Waals surface area contributed by atoms with Crippen molar-refractivity contribution in [3.05, 3.63) is 52.9 Å². The van der Waals surface area contributed by atoms with Crippen LogP contribution in [0.25, 0.3) is 33.1 Å². The Labute approximate surface area is 166 Å². The predicted molar refractivity (Wildman–Crippen MR) is 111 cm³/mol. The predicted octanol–water partition coefficient (Wildman–Crippen LogP) is 4.28. The summed E-state index contributed by atoms with van der Waals surface area (Å²) in [6.07, 6.45) is 0. The Morgan fingerprint density at radius 3 is 2.52 bits per heavy atom. The Balaban J connectivity index is 2.01. The molecule has 1 N–H and O–H groups in total. The van der Waals surface area contributed by atoms with E-state index in [1.54, 1.807) is 39.5 Å². The molecule has 150 valence electrons. The van der Waals surface area contributed by atoms with Crippen molar-refractivity contribution in [2.24, 2.45) is 0 Å². The molecule has 7 heteroatoms. The Kier molecular flexibility index (Phi) is 5.14. The van der Waals surface area contributed by atoms with Gasteiger partial charge in [0, 0.05) is 13.7 Å². The molecule has 7 nitrogen and oxygen atoms in total. The fraction of sp³-hybridized carbons (Fsp3) is 0.227. The van der Waals surface area contributed by atoms with Gasteiger partial charge in [0.1, 0.15) is 11.0 Å². The molecule has 0 radical (unpaired) electrons. The number of para-hydroxylation sites is 1. The first kappa shape index (κ1) is 18.9. The Bertz CT molecular complexity index is 1220. The highest BCUT2D eigenvalue weighted by Crippen LogP contribution is 2.42. The summed E-state index contributed by atoms with van der Waals surface area (Å²) in [4.78, 5) is 12.9. The molecule has 2 aromatic carbocycles. The van der Waals surface area contributed by atoms with E-state index in [9.17, 15) is 4.79 Å². The highest BCUT2D eigenvalue weighted by atomic mass is 16.5. The van der Waals surface area contributed by atoms with E-state index in [0.29, 0.717) is 52.7 Å². The summed E-state index contributed by atoms with van der Waals surface area (Å²) >= 11 is 0. The number of benzene rings is 2. The summed E-state index contributed by atoms with van der Waals surface area (Å²) in [7, 11) is 4.76. The van der Waals surface area contributed by atoms with Crippen LogP contribution in [0.5, 0.6) is 11.5 Å². The summed E-state index contributed by atoms with van der Waals surface area (Å²) in [5, 5.41) is 4.31. The second-order valence-electron chi connectivity index (χ2n) is 6.39. The third kappa shape index (κ3) is 3.30. The van der Waals surface area contributed by atoms with Crippen molar-refractivity contribution in [1.29, 1.82) is 0 Å². The number of hydrogen-bond donors (Lipinski definition) is 1. The minimum Gasteiger partial charge on any atom is -0.493 e. The van der Waals surface area contributed by atoms with E-state index in [0.717, 1.165) is 10.9 Å². The monoisotopic (exact) mass is 395 g/mol. The molecule has 4 rings (SSSR count). The maximum absolute atomic E-state index is 12.9. The maximum atomic E-state index is 12.9. The molecular weight excluding hydrogens is 374 g/mol. The van der Waals surface area contributed by atoms with E-state index in [1.807, 2.05) is 24.3 Å². The van der Waals surface area contributed by atoms with E-state index in [-0.39, 0.29) is 0 Å². The molecule has 4 aromatic rings. The third-order valence-electron chi connectivity index (χ3n) is 4.71. The van der Waals surface area contributed by atoms with E-state index in [2.05, 4.69) is 5.32 Å². The van der Waals surface area contributed by atoms with Crippen LogP contribution in [0.15, 0.2) is 56.1 Å². The van der Waals surface area contributed by atoms with Crippen molar-refractivity contribution in [2.45, 2.75) is 0 Å². The van der Waals surface area contributed by atoms with E-state index in [1.165, 1.54) is 0 Å². The number of hydrogen-bond acceptors (Lipinski definition) is 7. The first-order valence-corrected chi connectivity index (χ1v) is 9.11. The summed E-state index contributed by atoms with van der Waals surface area (Å²) in [5.41, 5.74) is 1.83. The van der Waals surface area contributed by atoms with E-state index >= 15 is 0 Å². The average Bonchev–Trinajstić information content (AvgIpc) is 3.14. The van der Waals surface area contributed by atoms with E-state index in [4.69, 9.17) is 23.0 Å². The zero-order valence-electron chi connectivity index (χ0n) is 16.4. The van der Waals surface area contributed by atoms with Crippen molar-refractivity contribution in [2.75, 3.05) is 39.8 Å². The summed E-state index contributed by atoms with van der Waals surface area (Å²) < 4.78 is 27.6. The van der Waals surface area contributed by atoms with Gasteiger partial charge in [-0.15, -0.1) is 0 Å². The van der Waals surface area contributed by atoms with Gasteiger partial charge in [0.2, 0.25) is 5.88 Å². The standard InChI is InChI=1S/C22H21NO6/c1-25-11-10-23-21-18(13-8-9-16(26-2)17(12-13)27-3)19-20(29-21)14-6-4-5-7-15(14)28-22(19)24/h4-9,12,23H,10-11H2,1-3H3. The highest BCUT2D eigenvalue weighted by Gasteiger charge is 2.23. The first-order valence-electron chi connectivity index (χ1n) is 9.11. The molecule has 2 heterocycles. The zero-order chi connectivity index (χ0) is 20.4. The minimum absolute atomic E-state index is 0.371. The Morgan fingerprint density at radius 1 is 0.966 bits per heavy atom. The number of furan rings is 1. The molecule has 0 saturated heterocycles. The summed E-state index contributed by atoms with van der Waals surface area (Å²) in [6.45, 7) is 0.998. The minimum atomic E-state index is -0.466. The van der Waals surface area contributed by atoms with Gasteiger partial charge < -0.3 is 28.4 Å². The quantitative estimate of drug-likeness (QED) is 0.369. The lowest BCUT2D eigenvalue weighted by molar-refractivity contribution is 0.210. The van der Waals surface area contributed by atoms with Crippen LogP contribution in [0.1, 0.15) is 0 Å². The second kappa shape index (κ2) is 7.89. The number of fused-ring (bicyclic) bond motifs is 3. The lowest BCUT2D eigenvalue weighted by Gasteiger charge is -2.10. The van der Waals surface area contributed by atoms with Gasteiger partial charge in [-0.3, -0.25) is 0 Å². The van der Waals surface area contributed by atoms with Crippen LogP contribution < -0.4 is 20.4 Å². The van der Waals surface area contributed by atoms with Gasteiger partial charge in [-0.05, 0) is 29.8 Å². The molecule has 0 fully saturated rings. The molecule has 0 bridgehead atoms. The fourth-order valence-electron chi connectivity index (χ4n) is 3.37. The van der Waals surface area contributed by atoms with Gasteiger partial charge in [-0.25, -0.2) is 4.79 Å². The number of rotatable bonds is 7. The van der Waals surface area contributed by atoms with Gasteiger partial charge in [0.05, 0.1) is 31.8 Å². The van der Waals surface area contributed by atoms with Crippen molar-refractivity contribution in [1.82, 2.24) is 0 Å². The van der Waals surface area contributed by atoms with Gasteiger partial charge >= 0.3 is 5.63 Å².